The summed E-state index contributed by atoms with van der Waals surface area (Å²) in [6.45, 7) is 0.888. The first-order valence-corrected chi connectivity index (χ1v) is 12.1. The topological polar surface area (TPSA) is 51.5 Å². The Hall–Kier alpha value is -3.55. The van der Waals surface area contributed by atoms with Crippen LogP contribution >= 0.6 is 23.4 Å². The molecular weight excluding hydrogens is 487 g/mol. The Bertz CT molecular complexity index is 1430. The maximum Gasteiger partial charge on any atom is 0.293 e. The molecule has 4 aromatic rings. The van der Waals surface area contributed by atoms with Crippen LogP contribution in [0.2, 0.25) is 5.02 Å². The van der Waals surface area contributed by atoms with Crippen molar-refractivity contribution in [1.29, 1.82) is 0 Å². The highest BCUT2D eigenvalue weighted by atomic mass is 35.5. The Kier molecular flexibility index (Phi) is 6.61. The summed E-state index contributed by atoms with van der Waals surface area (Å²) in [5.41, 5.74) is 2.78. The van der Waals surface area contributed by atoms with Crippen LogP contribution in [-0.2, 0) is 11.3 Å². The highest BCUT2D eigenvalue weighted by Crippen LogP contribution is 2.34. The van der Waals surface area contributed by atoms with Crippen LogP contribution in [0.3, 0.4) is 0 Å². The summed E-state index contributed by atoms with van der Waals surface area (Å²) in [5.74, 6) is 0.00189. The lowest BCUT2D eigenvalue weighted by Gasteiger charge is -2.13. The number of carbonyl (C=O) groups is 2. The molecule has 8 heteroatoms. The Morgan fingerprint density at radius 2 is 1.71 bits per heavy atom. The van der Waals surface area contributed by atoms with Gasteiger partial charge in [0.25, 0.3) is 11.1 Å². The van der Waals surface area contributed by atoms with E-state index in [4.69, 9.17) is 16.3 Å². The molecule has 0 atom stereocenters. The molecule has 0 spiro atoms. The standard InChI is InChI=1S/C27H20ClFN2O3S/c28-20-7-11-22(12-8-20)34-14-13-31-26(32)25(35-27(31)33)15-19-17-30(24-4-2-1-3-23(19)24)16-18-5-9-21(29)10-6-18/h1-12,15,17H,13-14,16H2/b25-15-. The molecule has 1 saturated heterocycles. The molecule has 35 heavy (non-hydrogen) atoms. The number of aromatic nitrogens is 1. The van der Waals surface area contributed by atoms with Crippen LogP contribution in [0.4, 0.5) is 9.18 Å². The number of thioether (sulfide) groups is 1. The number of nitrogens with zero attached hydrogens (tertiary/aromatic N) is 2. The molecule has 1 aliphatic heterocycles. The number of imide groups is 1. The van der Waals surface area contributed by atoms with Crippen molar-refractivity contribution < 1.29 is 18.7 Å². The molecule has 2 heterocycles. The molecule has 0 aliphatic carbocycles. The Labute approximate surface area is 210 Å². The number of benzene rings is 3. The molecule has 5 nitrogen and oxygen atoms in total. The fraction of sp³-hybridized carbons (Fsp3) is 0.111. The average molecular weight is 507 g/mol. The van der Waals surface area contributed by atoms with E-state index >= 15 is 0 Å². The van der Waals surface area contributed by atoms with Gasteiger partial charge in [-0.3, -0.25) is 14.5 Å². The average Bonchev–Trinajstić information content (AvgIpc) is 3.33. The maximum atomic E-state index is 13.3. The smallest absolute Gasteiger partial charge is 0.293 e. The Balaban J connectivity index is 1.34. The second-order valence-corrected chi connectivity index (χ2v) is 9.42. The van der Waals surface area contributed by atoms with E-state index < -0.39 is 0 Å². The van der Waals surface area contributed by atoms with Gasteiger partial charge in [-0.1, -0.05) is 41.9 Å². The van der Waals surface area contributed by atoms with Gasteiger partial charge < -0.3 is 9.30 Å². The minimum absolute atomic E-state index is 0.150. The summed E-state index contributed by atoms with van der Waals surface area (Å²) >= 11 is 6.80. The number of carbonyl (C=O) groups excluding carboxylic acids is 2. The molecule has 1 fully saturated rings. The third kappa shape index (κ3) is 5.11. The Morgan fingerprint density at radius 3 is 2.49 bits per heavy atom. The molecule has 0 unspecified atom stereocenters. The van der Waals surface area contributed by atoms with Crippen molar-refractivity contribution in [3.8, 4) is 5.75 Å². The predicted molar refractivity (Wildman–Crippen MR) is 137 cm³/mol. The number of amides is 2. The SMILES string of the molecule is O=C1S/C(=C\c2cn(Cc3ccc(F)cc3)c3ccccc23)C(=O)N1CCOc1ccc(Cl)cc1. The lowest BCUT2D eigenvalue weighted by Crippen LogP contribution is -2.32. The summed E-state index contributed by atoms with van der Waals surface area (Å²) in [7, 11) is 0. The molecule has 0 radical (unpaired) electrons. The van der Waals surface area contributed by atoms with Gasteiger partial charge in [-0.15, -0.1) is 0 Å². The maximum absolute atomic E-state index is 13.3. The van der Waals surface area contributed by atoms with Gasteiger partial charge >= 0.3 is 0 Å². The van der Waals surface area contributed by atoms with Crippen LogP contribution in [-0.4, -0.2) is 33.8 Å². The zero-order valence-electron chi connectivity index (χ0n) is 18.5. The van der Waals surface area contributed by atoms with Crippen molar-refractivity contribution >= 4 is 51.5 Å². The number of rotatable bonds is 7. The van der Waals surface area contributed by atoms with E-state index in [1.54, 1.807) is 42.5 Å². The van der Waals surface area contributed by atoms with Gasteiger partial charge in [-0.25, -0.2) is 4.39 Å². The first kappa shape index (κ1) is 23.2. The molecule has 5 rings (SSSR count). The van der Waals surface area contributed by atoms with Gasteiger partial charge in [0, 0.05) is 34.2 Å². The molecule has 176 valence electrons. The third-order valence-corrected chi connectivity index (χ3v) is 6.80. The number of halogens is 2. The second kappa shape index (κ2) is 9.98. The van der Waals surface area contributed by atoms with E-state index in [0.717, 1.165) is 33.8 Å². The molecule has 1 aromatic heterocycles. The quantitative estimate of drug-likeness (QED) is 0.265. The summed E-state index contributed by atoms with van der Waals surface area (Å²) in [6, 6.07) is 21.1. The monoisotopic (exact) mass is 506 g/mol. The van der Waals surface area contributed by atoms with Crippen molar-refractivity contribution in [2.45, 2.75) is 6.54 Å². The summed E-state index contributed by atoms with van der Waals surface area (Å²) in [4.78, 5) is 27.1. The van der Waals surface area contributed by atoms with Crippen molar-refractivity contribution in [3.63, 3.8) is 0 Å². The van der Waals surface area contributed by atoms with Gasteiger partial charge in [0.15, 0.2) is 0 Å². The van der Waals surface area contributed by atoms with Crippen LogP contribution < -0.4 is 4.74 Å². The molecule has 0 bridgehead atoms. The minimum atomic E-state index is -0.338. The summed E-state index contributed by atoms with van der Waals surface area (Å²) in [6.07, 6.45) is 3.71. The van der Waals surface area contributed by atoms with Crippen LogP contribution in [0.15, 0.2) is 83.9 Å². The number of ether oxygens (including phenoxy) is 1. The van der Waals surface area contributed by atoms with E-state index in [2.05, 4.69) is 4.57 Å². The first-order chi connectivity index (χ1) is 17.0. The van der Waals surface area contributed by atoms with Crippen molar-refractivity contribution in [2.24, 2.45) is 0 Å². The van der Waals surface area contributed by atoms with E-state index in [1.807, 2.05) is 30.5 Å². The van der Waals surface area contributed by atoms with Gasteiger partial charge in [-0.2, -0.15) is 0 Å². The van der Waals surface area contributed by atoms with E-state index in [9.17, 15) is 14.0 Å². The third-order valence-electron chi connectivity index (χ3n) is 5.64. The minimum Gasteiger partial charge on any atom is -0.492 e. The van der Waals surface area contributed by atoms with Crippen LogP contribution in [0, 0.1) is 5.82 Å². The number of hydrogen-bond donors (Lipinski definition) is 0. The first-order valence-electron chi connectivity index (χ1n) is 10.9. The molecule has 0 N–H and O–H groups in total. The predicted octanol–water partition coefficient (Wildman–Crippen LogP) is 6.60. The zero-order valence-corrected chi connectivity index (χ0v) is 20.1. The zero-order chi connectivity index (χ0) is 24.4. The second-order valence-electron chi connectivity index (χ2n) is 7.99. The van der Waals surface area contributed by atoms with Crippen molar-refractivity contribution in [1.82, 2.24) is 9.47 Å². The summed E-state index contributed by atoms with van der Waals surface area (Å²) < 4.78 is 21.0. The van der Waals surface area contributed by atoms with Crippen molar-refractivity contribution in [3.05, 3.63) is 106 Å². The molecule has 0 saturated carbocycles. The highest BCUT2D eigenvalue weighted by molar-refractivity contribution is 8.18. The number of para-hydroxylation sites is 1. The van der Waals surface area contributed by atoms with Crippen LogP contribution in [0.25, 0.3) is 17.0 Å². The van der Waals surface area contributed by atoms with E-state index in [1.165, 1.54) is 17.0 Å². The normalized spacial score (nSPS) is 14.9. The fourth-order valence-corrected chi connectivity index (χ4v) is 4.91. The van der Waals surface area contributed by atoms with Crippen LogP contribution in [0.5, 0.6) is 5.75 Å². The number of hydrogen-bond acceptors (Lipinski definition) is 4. The fourth-order valence-electron chi connectivity index (χ4n) is 3.93. The largest absolute Gasteiger partial charge is 0.492 e. The lowest BCUT2D eigenvalue weighted by molar-refractivity contribution is -0.123. The molecule has 1 aliphatic rings. The summed E-state index contributed by atoms with van der Waals surface area (Å²) in [5, 5.41) is 1.25. The van der Waals surface area contributed by atoms with Gasteiger partial charge in [0.2, 0.25) is 0 Å². The van der Waals surface area contributed by atoms with Gasteiger partial charge in [0.05, 0.1) is 11.4 Å². The Morgan fingerprint density at radius 1 is 0.971 bits per heavy atom. The van der Waals surface area contributed by atoms with E-state index in [-0.39, 0.29) is 30.1 Å². The molecular formula is C27H20ClFN2O3S. The van der Waals surface area contributed by atoms with E-state index in [0.29, 0.717) is 22.2 Å². The lowest BCUT2D eigenvalue weighted by atomic mass is 10.1. The van der Waals surface area contributed by atoms with Gasteiger partial charge in [0.1, 0.15) is 18.2 Å². The highest BCUT2D eigenvalue weighted by Gasteiger charge is 2.35. The molecule has 2 amide bonds. The number of fused-ring (bicyclic) bond motifs is 1. The van der Waals surface area contributed by atoms with Crippen LogP contribution in [0.1, 0.15) is 11.1 Å². The van der Waals surface area contributed by atoms with Gasteiger partial charge in [-0.05, 0) is 65.9 Å². The van der Waals surface area contributed by atoms with Crippen molar-refractivity contribution in [2.75, 3.05) is 13.2 Å². The molecule has 3 aromatic carbocycles.